The van der Waals surface area contributed by atoms with Crippen molar-refractivity contribution < 1.29 is 14.4 Å². The summed E-state index contributed by atoms with van der Waals surface area (Å²) in [5, 5.41) is 10.6. The zero-order valence-electron chi connectivity index (χ0n) is 16.1. The standard InChI is InChI=1S/C21H26N4O3/c1-15(19(26)22-13-17-9-5-3-6-10-17)24-21(28)25-16(2)20(27)23-14-18-11-7-4-8-12-18/h3-12,15-16H,13-14H2,1-2H3,(H,22,26)(H,23,27)(H2,24,25,28)/t15-,16+. The van der Waals surface area contributed by atoms with Crippen molar-refractivity contribution in [1.29, 1.82) is 0 Å². The van der Waals surface area contributed by atoms with Gasteiger partial charge in [0.1, 0.15) is 12.1 Å². The lowest BCUT2D eigenvalue weighted by molar-refractivity contribution is -0.123. The van der Waals surface area contributed by atoms with E-state index in [1.165, 1.54) is 0 Å². The fourth-order valence-corrected chi connectivity index (χ4v) is 2.44. The first-order valence-electron chi connectivity index (χ1n) is 9.16. The minimum absolute atomic E-state index is 0.305. The van der Waals surface area contributed by atoms with Crippen LogP contribution in [-0.2, 0) is 22.7 Å². The van der Waals surface area contributed by atoms with Crippen molar-refractivity contribution in [3.8, 4) is 0 Å². The molecule has 0 saturated carbocycles. The van der Waals surface area contributed by atoms with Crippen LogP contribution in [0.1, 0.15) is 25.0 Å². The lowest BCUT2D eigenvalue weighted by Gasteiger charge is -2.18. The van der Waals surface area contributed by atoms with Gasteiger partial charge < -0.3 is 21.3 Å². The Labute approximate surface area is 164 Å². The van der Waals surface area contributed by atoms with Crippen LogP contribution in [0.25, 0.3) is 0 Å². The van der Waals surface area contributed by atoms with E-state index in [2.05, 4.69) is 21.3 Å². The third-order valence-electron chi connectivity index (χ3n) is 4.10. The Morgan fingerprint density at radius 3 is 1.39 bits per heavy atom. The zero-order valence-corrected chi connectivity index (χ0v) is 16.1. The summed E-state index contributed by atoms with van der Waals surface area (Å²) in [5.74, 6) is -0.611. The van der Waals surface area contributed by atoms with Gasteiger partial charge in [-0.3, -0.25) is 9.59 Å². The van der Waals surface area contributed by atoms with E-state index < -0.39 is 18.1 Å². The number of hydrogen-bond acceptors (Lipinski definition) is 3. The molecule has 28 heavy (non-hydrogen) atoms. The second kappa shape index (κ2) is 10.7. The minimum atomic E-state index is -0.733. The number of amides is 4. The first-order valence-corrected chi connectivity index (χ1v) is 9.16. The molecule has 0 aliphatic carbocycles. The minimum Gasteiger partial charge on any atom is -0.350 e. The molecule has 0 bridgehead atoms. The number of rotatable bonds is 8. The lowest BCUT2D eigenvalue weighted by atomic mass is 10.2. The van der Waals surface area contributed by atoms with Gasteiger partial charge in [0, 0.05) is 13.1 Å². The van der Waals surface area contributed by atoms with Gasteiger partial charge in [-0.1, -0.05) is 60.7 Å². The van der Waals surface area contributed by atoms with E-state index >= 15 is 0 Å². The summed E-state index contributed by atoms with van der Waals surface area (Å²) >= 11 is 0. The Hall–Kier alpha value is -3.35. The van der Waals surface area contributed by atoms with Crippen LogP contribution >= 0.6 is 0 Å². The number of nitrogens with one attached hydrogen (secondary N) is 4. The van der Waals surface area contributed by atoms with E-state index in [-0.39, 0.29) is 11.8 Å². The molecule has 2 aromatic rings. The van der Waals surface area contributed by atoms with Gasteiger partial charge in [0.05, 0.1) is 0 Å². The maximum Gasteiger partial charge on any atom is 0.316 e. The van der Waals surface area contributed by atoms with Crippen LogP contribution in [0.15, 0.2) is 60.7 Å². The van der Waals surface area contributed by atoms with Crippen LogP contribution < -0.4 is 21.3 Å². The smallest absolute Gasteiger partial charge is 0.316 e. The molecule has 0 saturated heterocycles. The summed E-state index contributed by atoms with van der Waals surface area (Å²) in [5.41, 5.74) is 1.94. The molecule has 0 aliphatic rings. The van der Waals surface area contributed by atoms with Gasteiger partial charge in [-0.15, -0.1) is 0 Å². The molecule has 4 N–H and O–H groups in total. The molecule has 148 valence electrons. The van der Waals surface area contributed by atoms with E-state index in [1.54, 1.807) is 13.8 Å². The third-order valence-corrected chi connectivity index (χ3v) is 4.10. The SMILES string of the molecule is C[C@H](NC(=O)N[C@H](C)C(=O)NCc1ccccc1)C(=O)NCc1ccccc1. The molecule has 7 heteroatoms. The second-order valence-corrected chi connectivity index (χ2v) is 6.47. The van der Waals surface area contributed by atoms with Gasteiger partial charge in [0.15, 0.2) is 0 Å². The highest BCUT2D eigenvalue weighted by molar-refractivity contribution is 5.89. The Morgan fingerprint density at radius 1 is 0.679 bits per heavy atom. The van der Waals surface area contributed by atoms with E-state index in [9.17, 15) is 14.4 Å². The van der Waals surface area contributed by atoms with E-state index in [0.717, 1.165) is 11.1 Å². The van der Waals surface area contributed by atoms with Gasteiger partial charge in [0.25, 0.3) is 0 Å². The molecule has 4 amide bonds. The molecular formula is C21H26N4O3. The Bertz CT molecular complexity index is 715. The van der Waals surface area contributed by atoms with Gasteiger partial charge in [-0.2, -0.15) is 0 Å². The first-order chi connectivity index (χ1) is 13.5. The van der Waals surface area contributed by atoms with E-state index in [0.29, 0.717) is 13.1 Å². The molecule has 0 spiro atoms. The van der Waals surface area contributed by atoms with Crippen LogP contribution in [0.3, 0.4) is 0 Å². The highest BCUT2D eigenvalue weighted by Crippen LogP contribution is 1.98. The number of urea groups is 1. The normalized spacial score (nSPS) is 12.4. The number of carbonyl (C=O) groups is 3. The molecule has 0 radical (unpaired) electrons. The molecular weight excluding hydrogens is 356 g/mol. The van der Waals surface area contributed by atoms with Crippen molar-refractivity contribution in [3.63, 3.8) is 0 Å². The third kappa shape index (κ3) is 7.11. The number of hydrogen-bond donors (Lipinski definition) is 4. The van der Waals surface area contributed by atoms with Crippen molar-refractivity contribution in [2.75, 3.05) is 0 Å². The largest absolute Gasteiger partial charge is 0.350 e. The Balaban J connectivity index is 1.70. The van der Waals surface area contributed by atoms with Gasteiger partial charge in [0.2, 0.25) is 11.8 Å². The molecule has 0 unspecified atom stereocenters. The van der Waals surface area contributed by atoms with Crippen LogP contribution in [0.5, 0.6) is 0 Å². The number of carbonyl (C=O) groups excluding carboxylic acids is 3. The maximum atomic E-state index is 12.1. The molecule has 0 fully saturated rings. The van der Waals surface area contributed by atoms with Crippen LogP contribution in [0.4, 0.5) is 4.79 Å². The summed E-state index contributed by atoms with van der Waals surface area (Å²) < 4.78 is 0. The highest BCUT2D eigenvalue weighted by Gasteiger charge is 2.19. The summed E-state index contributed by atoms with van der Waals surface area (Å²) in [6.45, 7) is 3.93. The predicted molar refractivity (Wildman–Crippen MR) is 107 cm³/mol. The summed E-state index contributed by atoms with van der Waals surface area (Å²) in [4.78, 5) is 36.2. The fourth-order valence-electron chi connectivity index (χ4n) is 2.44. The van der Waals surface area contributed by atoms with E-state index in [1.807, 2.05) is 60.7 Å². The Kier molecular flexibility index (Phi) is 8.02. The lowest BCUT2D eigenvalue weighted by Crippen LogP contribution is -2.53. The molecule has 2 atom stereocenters. The monoisotopic (exact) mass is 382 g/mol. The van der Waals surface area contributed by atoms with Crippen LogP contribution in [0, 0.1) is 0 Å². The molecule has 0 aromatic heterocycles. The van der Waals surface area contributed by atoms with E-state index in [4.69, 9.17) is 0 Å². The first kappa shape index (κ1) is 21.0. The maximum absolute atomic E-state index is 12.1. The van der Waals surface area contributed by atoms with Crippen molar-refractivity contribution >= 4 is 17.8 Å². The summed E-state index contributed by atoms with van der Waals surface area (Å²) in [6.07, 6.45) is 0. The number of benzene rings is 2. The van der Waals surface area contributed by atoms with Crippen molar-refractivity contribution in [2.45, 2.75) is 39.0 Å². The highest BCUT2D eigenvalue weighted by atomic mass is 16.2. The van der Waals surface area contributed by atoms with Gasteiger partial charge in [-0.25, -0.2) is 4.79 Å². The average Bonchev–Trinajstić information content (AvgIpc) is 2.71. The zero-order chi connectivity index (χ0) is 20.4. The molecule has 0 heterocycles. The fraction of sp³-hybridized carbons (Fsp3) is 0.286. The van der Waals surface area contributed by atoms with Gasteiger partial charge >= 0.3 is 6.03 Å². The quantitative estimate of drug-likeness (QED) is 0.559. The van der Waals surface area contributed by atoms with Crippen molar-refractivity contribution in [2.24, 2.45) is 0 Å². The molecule has 7 nitrogen and oxygen atoms in total. The predicted octanol–water partition coefficient (Wildman–Crippen LogP) is 1.70. The molecule has 2 aromatic carbocycles. The summed E-state index contributed by atoms with van der Waals surface area (Å²) in [6, 6.07) is 16.9. The van der Waals surface area contributed by atoms with Crippen molar-refractivity contribution in [3.05, 3.63) is 71.8 Å². The average molecular weight is 382 g/mol. The topological polar surface area (TPSA) is 99.3 Å². The van der Waals surface area contributed by atoms with Crippen LogP contribution in [-0.4, -0.2) is 29.9 Å². The van der Waals surface area contributed by atoms with Crippen molar-refractivity contribution in [1.82, 2.24) is 21.3 Å². The molecule has 2 rings (SSSR count). The summed E-state index contributed by atoms with van der Waals surface area (Å²) in [7, 11) is 0. The Morgan fingerprint density at radius 2 is 1.04 bits per heavy atom. The molecule has 0 aliphatic heterocycles. The van der Waals surface area contributed by atoms with Gasteiger partial charge in [-0.05, 0) is 25.0 Å². The second-order valence-electron chi connectivity index (χ2n) is 6.47. The van der Waals surface area contributed by atoms with Crippen LogP contribution in [0.2, 0.25) is 0 Å².